The lowest BCUT2D eigenvalue weighted by Crippen LogP contribution is -2.41. The molecular formula is C11H17N3O2S. The van der Waals surface area contributed by atoms with Gasteiger partial charge in [-0.1, -0.05) is 0 Å². The predicted octanol–water partition coefficient (Wildman–Crippen LogP) is 0.884. The molecule has 2 rings (SSSR count). The monoisotopic (exact) mass is 255 g/mol. The maximum atomic E-state index is 12.1. The third kappa shape index (κ3) is 2.95. The van der Waals surface area contributed by atoms with Crippen LogP contribution in [0.1, 0.15) is 18.4 Å². The number of piperidine rings is 1. The molecule has 1 aromatic rings. The van der Waals surface area contributed by atoms with Gasteiger partial charge in [0.25, 0.3) is 0 Å². The largest absolute Gasteiger partial charge is 0.315 e. The Labute approximate surface area is 102 Å². The standard InChI is InChI=1S/C11H17N3O2S/c1-9-7-13-6-4-11(9)14-17(15,16)10-3-2-5-12-8-10/h4,6-7,10,12H,2-3,5,8H2,1H3,(H,13,14). The lowest BCUT2D eigenvalue weighted by molar-refractivity contribution is 0.499. The van der Waals surface area contributed by atoms with E-state index in [0.29, 0.717) is 18.7 Å². The highest BCUT2D eigenvalue weighted by molar-refractivity contribution is 7.93. The minimum absolute atomic E-state index is 0.344. The van der Waals surface area contributed by atoms with E-state index in [1.54, 1.807) is 18.5 Å². The Bertz CT molecular complexity index is 481. The van der Waals surface area contributed by atoms with Crippen molar-refractivity contribution < 1.29 is 8.42 Å². The van der Waals surface area contributed by atoms with Crippen LogP contribution in [0.15, 0.2) is 18.5 Å². The second-order valence-corrected chi connectivity index (χ2v) is 6.27. The molecule has 1 unspecified atom stereocenters. The highest BCUT2D eigenvalue weighted by Crippen LogP contribution is 2.18. The quantitative estimate of drug-likeness (QED) is 0.841. The van der Waals surface area contributed by atoms with Crippen LogP contribution in [0.3, 0.4) is 0 Å². The molecule has 0 aromatic carbocycles. The Morgan fingerprint density at radius 3 is 3.00 bits per heavy atom. The SMILES string of the molecule is Cc1cnccc1NS(=O)(=O)C1CCCNC1. The van der Waals surface area contributed by atoms with Gasteiger partial charge < -0.3 is 5.32 Å². The van der Waals surface area contributed by atoms with Crippen LogP contribution in [-0.4, -0.2) is 31.7 Å². The van der Waals surface area contributed by atoms with Crippen LogP contribution in [-0.2, 0) is 10.0 Å². The molecule has 0 spiro atoms. The number of hydrogen-bond acceptors (Lipinski definition) is 4. The summed E-state index contributed by atoms with van der Waals surface area (Å²) in [6.45, 7) is 3.27. The van der Waals surface area contributed by atoms with Gasteiger partial charge in [0.2, 0.25) is 10.0 Å². The average Bonchev–Trinajstić information content (AvgIpc) is 2.33. The van der Waals surface area contributed by atoms with Crippen molar-refractivity contribution in [2.75, 3.05) is 17.8 Å². The Hall–Kier alpha value is -1.14. The second-order valence-electron chi connectivity index (χ2n) is 4.31. The molecular weight excluding hydrogens is 238 g/mol. The molecule has 1 saturated heterocycles. The number of hydrogen-bond donors (Lipinski definition) is 2. The van der Waals surface area contributed by atoms with Crippen LogP contribution < -0.4 is 10.0 Å². The fourth-order valence-electron chi connectivity index (χ4n) is 1.91. The lowest BCUT2D eigenvalue weighted by Gasteiger charge is -2.23. The number of aromatic nitrogens is 1. The van der Waals surface area contributed by atoms with Gasteiger partial charge in [-0.3, -0.25) is 9.71 Å². The van der Waals surface area contributed by atoms with Crippen molar-refractivity contribution in [1.29, 1.82) is 0 Å². The Balaban J connectivity index is 2.14. The minimum atomic E-state index is -3.30. The number of sulfonamides is 1. The van der Waals surface area contributed by atoms with Gasteiger partial charge in [0.05, 0.1) is 10.9 Å². The normalized spacial score (nSPS) is 21.1. The third-order valence-electron chi connectivity index (χ3n) is 2.96. The average molecular weight is 255 g/mol. The van der Waals surface area contributed by atoms with E-state index in [4.69, 9.17) is 0 Å². The second kappa shape index (κ2) is 5.01. The van der Waals surface area contributed by atoms with Gasteiger partial charge in [-0.2, -0.15) is 0 Å². The highest BCUT2D eigenvalue weighted by Gasteiger charge is 2.27. The molecule has 2 N–H and O–H groups in total. The first-order chi connectivity index (χ1) is 8.09. The van der Waals surface area contributed by atoms with Crippen molar-refractivity contribution >= 4 is 15.7 Å². The Kier molecular flexibility index (Phi) is 3.63. The van der Waals surface area contributed by atoms with E-state index in [-0.39, 0.29) is 5.25 Å². The summed E-state index contributed by atoms with van der Waals surface area (Å²) in [4.78, 5) is 3.94. The molecule has 1 aromatic heterocycles. The summed E-state index contributed by atoms with van der Waals surface area (Å²) in [6.07, 6.45) is 4.86. The summed E-state index contributed by atoms with van der Waals surface area (Å²) < 4.78 is 26.9. The number of rotatable bonds is 3. The highest BCUT2D eigenvalue weighted by atomic mass is 32.2. The first-order valence-corrected chi connectivity index (χ1v) is 7.27. The minimum Gasteiger partial charge on any atom is -0.315 e. The molecule has 0 aliphatic carbocycles. The van der Waals surface area contributed by atoms with E-state index in [1.807, 2.05) is 6.92 Å². The first kappa shape index (κ1) is 12.3. The molecule has 0 bridgehead atoms. The zero-order valence-electron chi connectivity index (χ0n) is 9.81. The molecule has 1 aliphatic rings. The molecule has 2 heterocycles. The van der Waals surface area contributed by atoms with E-state index in [1.165, 1.54) is 0 Å². The Morgan fingerprint density at radius 1 is 1.53 bits per heavy atom. The van der Waals surface area contributed by atoms with Gasteiger partial charge in [0, 0.05) is 18.9 Å². The smallest absolute Gasteiger partial charge is 0.236 e. The van der Waals surface area contributed by atoms with Crippen molar-refractivity contribution in [1.82, 2.24) is 10.3 Å². The number of aryl methyl sites for hydroxylation is 1. The summed E-state index contributed by atoms with van der Waals surface area (Å²) in [6, 6.07) is 1.68. The summed E-state index contributed by atoms with van der Waals surface area (Å²) in [7, 11) is -3.30. The number of anilines is 1. The van der Waals surface area contributed by atoms with E-state index >= 15 is 0 Å². The summed E-state index contributed by atoms with van der Waals surface area (Å²) in [5.74, 6) is 0. The van der Waals surface area contributed by atoms with E-state index in [9.17, 15) is 8.42 Å². The molecule has 94 valence electrons. The van der Waals surface area contributed by atoms with E-state index in [2.05, 4.69) is 15.0 Å². The van der Waals surface area contributed by atoms with Crippen molar-refractivity contribution in [3.8, 4) is 0 Å². The fourth-order valence-corrected chi connectivity index (χ4v) is 3.43. The van der Waals surface area contributed by atoms with Gasteiger partial charge in [0.1, 0.15) is 0 Å². The molecule has 1 aliphatic heterocycles. The van der Waals surface area contributed by atoms with Crippen LogP contribution in [0.2, 0.25) is 0 Å². The predicted molar refractivity (Wildman–Crippen MR) is 67.4 cm³/mol. The van der Waals surface area contributed by atoms with E-state index < -0.39 is 10.0 Å². The van der Waals surface area contributed by atoms with Crippen LogP contribution in [0, 0.1) is 6.92 Å². The van der Waals surface area contributed by atoms with Gasteiger partial charge >= 0.3 is 0 Å². The van der Waals surface area contributed by atoms with Crippen LogP contribution in [0.25, 0.3) is 0 Å². The van der Waals surface area contributed by atoms with Gasteiger partial charge in [0.15, 0.2) is 0 Å². The van der Waals surface area contributed by atoms with Crippen LogP contribution in [0.5, 0.6) is 0 Å². The molecule has 17 heavy (non-hydrogen) atoms. The van der Waals surface area contributed by atoms with Crippen molar-refractivity contribution in [2.45, 2.75) is 25.0 Å². The Morgan fingerprint density at radius 2 is 2.35 bits per heavy atom. The van der Waals surface area contributed by atoms with E-state index in [0.717, 1.165) is 18.5 Å². The summed E-state index contributed by atoms with van der Waals surface area (Å²) in [5.41, 5.74) is 1.45. The molecule has 0 amide bonds. The number of pyridine rings is 1. The summed E-state index contributed by atoms with van der Waals surface area (Å²) >= 11 is 0. The first-order valence-electron chi connectivity index (χ1n) is 5.72. The van der Waals surface area contributed by atoms with Gasteiger partial charge in [-0.25, -0.2) is 8.42 Å². The van der Waals surface area contributed by atoms with Crippen LogP contribution in [0.4, 0.5) is 5.69 Å². The van der Waals surface area contributed by atoms with Crippen LogP contribution >= 0.6 is 0 Å². The number of nitrogens with zero attached hydrogens (tertiary/aromatic N) is 1. The van der Waals surface area contributed by atoms with Crippen molar-refractivity contribution in [2.24, 2.45) is 0 Å². The molecule has 1 atom stereocenters. The third-order valence-corrected chi connectivity index (χ3v) is 4.75. The maximum absolute atomic E-state index is 12.1. The molecule has 1 fully saturated rings. The topological polar surface area (TPSA) is 71.1 Å². The molecule has 5 nitrogen and oxygen atoms in total. The molecule has 0 radical (unpaired) electrons. The lowest BCUT2D eigenvalue weighted by atomic mass is 10.2. The van der Waals surface area contributed by atoms with Gasteiger partial charge in [-0.15, -0.1) is 0 Å². The zero-order chi connectivity index (χ0) is 12.3. The van der Waals surface area contributed by atoms with Gasteiger partial charge in [-0.05, 0) is 37.9 Å². The molecule has 0 saturated carbocycles. The fraction of sp³-hybridized carbons (Fsp3) is 0.545. The number of nitrogens with one attached hydrogen (secondary N) is 2. The molecule has 6 heteroatoms. The zero-order valence-corrected chi connectivity index (χ0v) is 10.6. The van der Waals surface area contributed by atoms with Crippen molar-refractivity contribution in [3.63, 3.8) is 0 Å². The maximum Gasteiger partial charge on any atom is 0.236 e. The summed E-state index contributed by atoms with van der Waals surface area (Å²) in [5, 5.41) is 2.77. The van der Waals surface area contributed by atoms with Crippen molar-refractivity contribution in [3.05, 3.63) is 24.0 Å².